The minimum absolute atomic E-state index is 0.0474. The highest BCUT2D eigenvalue weighted by molar-refractivity contribution is 5.95. The number of carbonyl (C=O) groups is 2. The molecule has 1 N–H and O–H groups in total. The van der Waals surface area contributed by atoms with Crippen LogP contribution < -0.4 is 5.32 Å². The number of methoxy groups -OCH3 is 1. The fourth-order valence-corrected chi connectivity index (χ4v) is 4.76. The maximum absolute atomic E-state index is 13.4. The summed E-state index contributed by atoms with van der Waals surface area (Å²) in [5, 5.41) is 7.36. The van der Waals surface area contributed by atoms with Gasteiger partial charge in [-0.2, -0.15) is 5.10 Å². The molecule has 2 aliphatic rings. The van der Waals surface area contributed by atoms with Crippen LogP contribution in [0.2, 0.25) is 0 Å². The topological polar surface area (TPSA) is 88.8 Å². The van der Waals surface area contributed by atoms with Gasteiger partial charge in [-0.15, -0.1) is 0 Å². The summed E-state index contributed by atoms with van der Waals surface area (Å²) < 4.78 is 7.64. The number of hydrogen-bond donors (Lipinski definition) is 1. The van der Waals surface area contributed by atoms with Gasteiger partial charge in [0.25, 0.3) is 5.91 Å². The average molecular weight is 385 g/mol. The summed E-state index contributed by atoms with van der Waals surface area (Å²) in [7, 11) is 1.73. The molecule has 1 aliphatic carbocycles. The standard InChI is InChI=1S/C20H27N5O3/c1-4-18(26)23-14-5-7-20(28-3)8-10-24(16(20)11-14)19(27)15-12-21-17-6-9-22-25(17)13(15)2/h6,9,12,14,16H,4-5,7-8,10-11H2,1-3H3,(H,23,26)/t14-,16+,20-/m1/s1. The van der Waals surface area contributed by atoms with Gasteiger partial charge in [0.2, 0.25) is 5.91 Å². The normalized spacial score (nSPS) is 27.0. The molecule has 0 radical (unpaired) electrons. The highest BCUT2D eigenvalue weighted by Crippen LogP contribution is 2.43. The number of fused-ring (bicyclic) bond motifs is 2. The number of carbonyl (C=O) groups excluding carboxylic acids is 2. The zero-order valence-corrected chi connectivity index (χ0v) is 16.6. The molecule has 3 heterocycles. The molecule has 2 amide bonds. The number of nitrogens with one attached hydrogen (secondary N) is 1. The van der Waals surface area contributed by atoms with E-state index in [4.69, 9.17) is 4.74 Å². The molecule has 3 atom stereocenters. The SMILES string of the molecule is CCC(=O)N[C@@H]1CC[C@@]2(OC)CCN(C(=O)c3cnc4ccnn4c3C)[C@H]2C1. The summed E-state index contributed by atoms with van der Waals surface area (Å²) in [4.78, 5) is 31.6. The van der Waals surface area contributed by atoms with Crippen LogP contribution in [0.4, 0.5) is 0 Å². The Balaban J connectivity index is 1.62. The Hall–Kier alpha value is -2.48. The van der Waals surface area contributed by atoms with Crippen molar-refractivity contribution in [3.63, 3.8) is 0 Å². The molecule has 1 aliphatic heterocycles. The lowest BCUT2D eigenvalue weighted by atomic mass is 9.78. The van der Waals surface area contributed by atoms with Crippen LogP contribution in [-0.2, 0) is 9.53 Å². The molecule has 150 valence electrons. The second-order valence-corrected chi connectivity index (χ2v) is 7.78. The molecule has 2 aromatic heterocycles. The Morgan fingerprint density at radius 3 is 2.96 bits per heavy atom. The zero-order chi connectivity index (χ0) is 19.9. The number of amides is 2. The summed E-state index contributed by atoms with van der Waals surface area (Å²) in [5.74, 6) is 0.00348. The second-order valence-electron chi connectivity index (χ2n) is 7.78. The first-order chi connectivity index (χ1) is 13.5. The van der Waals surface area contributed by atoms with Crippen LogP contribution in [0.25, 0.3) is 5.65 Å². The summed E-state index contributed by atoms with van der Waals surface area (Å²) in [6.45, 7) is 4.38. The van der Waals surface area contributed by atoms with Crippen LogP contribution in [0.3, 0.4) is 0 Å². The molecule has 28 heavy (non-hydrogen) atoms. The molecule has 4 rings (SSSR count). The predicted molar refractivity (Wildman–Crippen MR) is 103 cm³/mol. The number of nitrogens with zero attached hydrogens (tertiary/aromatic N) is 4. The van der Waals surface area contributed by atoms with E-state index >= 15 is 0 Å². The van der Waals surface area contributed by atoms with Crippen molar-refractivity contribution >= 4 is 17.5 Å². The lowest BCUT2D eigenvalue weighted by Crippen LogP contribution is -2.55. The molecule has 1 saturated carbocycles. The summed E-state index contributed by atoms with van der Waals surface area (Å²) in [6.07, 6.45) is 7.01. The molecule has 2 fully saturated rings. The van der Waals surface area contributed by atoms with Crippen molar-refractivity contribution in [2.75, 3.05) is 13.7 Å². The number of rotatable bonds is 4. The smallest absolute Gasteiger partial charge is 0.257 e. The monoisotopic (exact) mass is 385 g/mol. The number of hydrogen-bond acceptors (Lipinski definition) is 5. The first kappa shape index (κ1) is 18.9. The van der Waals surface area contributed by atoms with Gasteiger partial charge in [-0.1, -0.05) is 6.92 Å². The Bertz CT molecular complexity index is 910. The third-order valence-corrected chi connectivity index (χ3v) is 6.42. The van der Waals surface area contributed by atoms with Crippen LogP contribution in [0.1, 0.15) is 55.1 Å². The van der Waals surface area contributed by atoms with Gasteiger partial charge in [-0.05, 0) is 32.6 Å². The van der Waals surface area contributed by atoms with Gasteiger partial charge in [0.1, 0.15) is 0 Å². The largest absolute Gasteiger partial charge is 0.376 e. The van der Waals surface area contributed by atoms with Crippen molar-refractivity contribution in [2.24, 2.45) is 0 Å². The fourth-order valence-electron chi connectivity index (χ4n) is 4.76. The molecule has 8 nitrogen and oxygen atoms in total. The van der Waals surface area contributed by atoms with E-state index in [0.717, 1.165) is 30.6 Å². The van der Waals surface area contributed by atoms with Crippen LogP contribution in [0.15, 0.2) is 18.5 Å². The Kier molecular flexibility index (Phi) is 4.82. The molecule has 0 spiro atoms. The quantitative estimate of drug-likeness (QED) is 0.866. The van der Waals surface area contributed by atoms with E-state index in [2.05, 4.69) is 15.4 Å². The highest BCUT2D eigenvalue weighted by atomic mass is 16.5. The van der Waals surface area contributed by atoms with Gasteiger partial charge in [-0.25, -0.2) is 9.50 Å². The lowest BCUT2D eigenvalue weighted by Gasteiger charge is -2.43. The van der Waals surface area contributed by atoms with E-state index in [0.29, 0.717) is 24.9 Å². The highest BCUT2D eigenvalue weighted by Gasteiger charge is 2.52. The molecule has 8 heteroatoms. The number of aryl methyl sites for hydroxylation is 1. The van der Waals surface area contributed by atoms with Crippen molar-refractivity contribution in [3.8, 4) is 0 Å². The summed E-state index contributed by atoms with van der Waals surface area (Å²) >= 11 is 0. The van der Waals surface area contributed by atoms with E-state index in [1.165, 1.54) is 0 Å². The predicted octanol–water partition coefficient (Wildman–Crippen LogP) is 1.72. The van der Waals surface area contributed by atoms with E-state index in [1.54, 1.807) is 24.0 Å². The number of ether oxygens (including phenoxy) is 1. The van der Waals surface area contributed by atoms with Crippen LogP contribution >= 0.6 is 0 Å². The van der Waals surface area contributed by atoms with Crippen molar-refractivity contribution < 1.29 is 14.3 Å². The minimum atomic E-state index is -0.333. The average Bonchev–Trinajstić information content (AvgIpc) is 3.33. The summed E-state index contributed by atoms with van der Waals surface area (Å²) in [5.41, 5.74) is 1.73. The minimum Gasteiger partial charge on any atom is -0.376 e. The van der Waals surface area contributed by atoms with Gasteiger partial charge in [0, 0.05) is 38.4 Å². The van der Waals surface area contributed by atoms with Gasteiger partial charge in [-0.3, -0.25) is 9.59 Å². The molecule has 0 unspecified atom stereocenters. The molecule has 0 bridgehead atoms. The van der Waals surface area contributed by atoms with Crippen LogP contribution in [0.5, 0.6) is 0 Å². The van der Waals surface area contributed by atoms with E-state index < -0.39 is 0 Å². The molecular formula is C20H27N5O3. The summed E-state index contributed by atoms with van der Waals surface area (Å²) in [6, 6.07) is 1.82. The van der Waals surface area contributed by atoms with Crippen LogP contribution in [-0.4, -0.2) is 62.7 Å². The first-order valence-electron chi connectivity index (χ1n) is 9.94. The second kappa shape index (κ2) is 7.16. The van der Waals surface area contributed by atoms with Gasteiger partial charge < -0.3 is 15.0 Å². The first-order valence-corrected chi connectivity index (χ1v) is 9.94. The third kappa shape index (κ3) is 2.96. The van der Waals surface area contributed by atoms with E-state index in [9.17, 15) is 9.59 Å². The van der Waals surface area contributed by atoms with Crippen molar-refractivity contribution in [1.29, 1.82) is 0 Å². The number of likely N-dealkylation sites (tertiary alicyclic amines) is 1. The lowest BCUT2D eigenvalue weighted by molar-refractivity contribution is -0.122. The Labute approximate surface area is 164 Å². The molecule has 1 saturated heterocycles. The Morgan fingerprint density at radius 1 is 1.39 bits per heavy atom. The van der Waals surface area contributed by atoms with Crippen LogP contribution in [0, 0.1) is 6.92 Å². The van der Waals surface area contributed by atoms with E-state index in [1.807, 2.05) is 24.8 Å². The molecule has 0 aromatic carbocycles. The third-order valence-electron chi connectivity index (χ3n) is 6.42. The fraction of sp³-hybridized carbons (Fsp3) is 0.600. The maximum Gasteiger partial charge on any atom is 0.257 e. The maximum atomic E-state index is 13.4. The van der Waals surface area contributed by atoms with Gasteiger partial charge >= 0.3 is 0 Å². The molecular weight excluding hydrogens is 358 g/mol. The van der Waals surface area contributed by atoms with Gasteiger partial charge in [0.15, 0.2) is 5.65 Å². The van der Waals surface area contributed by atoms with Gasteiger partial charge in [0.05, 0.1) is 29.1 Å². The zero-order valence-electron chi connectivity index (χ0n) is 16.6. The van der Waals surface area contributed by atoms with Crippen molar-refractivity contribution in [1.82, 2.24) is 24.8 Å². The van der Waals surface area contributed by atoms with Crippen molar-refractivity contribution in [2.45, 2.75) is 63.6 Å². The molecule has 2 aromatic rings. The Morgan fingerprint density at radius 2 is 2.21 bits per heavy atom. The van der Waals surface area contributed by atoms with Crippen molar-refractivity contribution in [3.05, 3.63) is 29.7 Å². The van der Waals surface area contributed by atoms with E-state index in [-0.39, 0.29) is 29.5 Å². The number of aromatic nitrogens is 3.